The molecule has 27 heavy (non-hydrogen) atoms. The van der Waals surface area contributed by atoms with Crippen molar-refractivity contribution in [2.24, 2.45) is 11.3 Å². The van der Waals surface area contributed by atoms with Gasteiger partial charge in [0.05, 0.1) is 17.6 Å². The molecular formula is C24H38O3. The molecule has 152 valence electrons. The fourth-order valence-corrected chi connectivity index (χ4v) is 3.88. The minimum Gasteiger partial charge on any atom is -0.426 e. The second-order valence-corrected chi connectivity index (χ2v) is 9.53. The lowest BCUT2D eigenvalue weighted by molar-refractivity contribution is -0.144. The predicted molar refractivity (Wildman–Crippen MR) is 111 cm³/mol. The zero-order valence-electron chi connectivity index (χ0n) is 18.3. The van der Waals surface area contributed by atoms with Gasteiger partial charge in [0, 0.05) is 0 Å². The maximum Gasteiger partial charge on any atom is 0.316 e. The molecule has 0 bridgehead atoms. The summed E-state index contributed by atoms with van der Waals surface area (Å²) in [4.78, 5) is 12.3. The molecule has 2 rings (SSSR count). The van der Waals surface area contributed by atoms with Crippen LogP contribution >= 0.6 is 0 Å². The van der Waals surface area contributed by atoms with Gasteiger partial charge < -0.3 is 9.47 Å². The Bertz CT molecular complexity index is 605. The van der Waals surface area contributed by atoms with E-state index in [1.165, 1.54) is 18.4 Å². The first-order valence-corrected chi connectivity index (χ1v) is 10.5. The molecule has 0 N–H and O–H groups in total. The van der Waals surface area contributed by atoms with Gasteiger partial charge in [0.2, 0.25) is 0 Å². The molecular weight excluding hydrogens is 336 g/mol. The molecule has 0 unspecified atom stereocenters. The first-order valence-electron chi connectivity index (χ1n) is 10.5. The number of ether oxygens (including phenoxy) is 2. The van der Waals surface area contributed by atoms with Crippen molar-refractivity contribution in [1.82, 2.24) is 0 Å². The van der Waals surface area contributed by atoms with E-state index in [-0.39, 0.29) is 11.4 Å². The van der Waals surface area contributed by atoms with Crippen molar-refractivity contribution >= 4 is 5.97 Å². The molecule has 1 aromatic rings. The highest BCUT2D eigenvalue weighted by Gasteiger charge is 2.35. The first kappa shape index (κ1) is 21.9. The van der Waals surface area contributed by atoms with Crippen molar-refractivity contribution in [2.45, 2.75) is 98.2 Å². The summed E-state index contributed by atoms with van der Waals surface area (Å²) in [5.74, 6) is 1.12. The second kappa shape index (κ2) is 8.77. The van der Waals surface area contributed by atoms with Gasteiger partial charge in [0.1, 0.15) is 5.75 Å². The number of hydrogen-bond acceptors (Lipinski definition) is 3. The number of rotatable bonds is 7. The monoisotopic (exact) mass is 374 g/mol. The minimum atomic E-state index is -0.450. The molecule has 0 aliphatic heterocycles. The molecule has 0 heterocycles. The van der Waals surface area contributed by atoms with Gasteiger partial charge in [-0.25, -0.2) is 0 Å². The van der Waals surface area contributed by atoms with Crippen molar-refractivity contribution in [3.05, 3.63) is 29.8 Å². The van der Waals surface area contributed by atoms with Crippen molar-refractivity contribution in [2.75, 3.05) is 0 Å². The number of hydrogen-bond donors (Lipinski definition) is 0. The fraction of sp³-hybridized carbons (Fsp3) is 0.708. The molecule has 0 saturated heterocycles. The molecule has 1 aliphatic rings. The summed E-state index contributed by atoms with van der Waals surface area (Å²) < 4.78 is 11.6. The van der Waals surface area contributed by atoms with Crippen LogP contribution in [0.4, 0.5) is 0 Å². The van der Waals surface area contributed by atoms with E-state index in [1.807, 2.05) is 32.9 Å². The quantitative estimate of drug-likeness (QED) is 0.415. The summed E-state index contributed by atoms with van der Waals surface area (Å²) in [6.45, 7) is 14.8. The molecule has 0 radical (unpaired) electrons. The van der Waals surface area contributed by atoms with Crippen LogP contribution in [-0.4, -0.2) is 18.2 Å². The average molecular weight is 375 g/mol. The summed E-state index contributed by atoms with van der Waals surface area (Å²) in [6.07, 6.45) is 6.19. The molecule has 1 saturated carbocycles. The van der Waals surface area contributed by atoms with Gasteiger partial charge in [-0.15, -0.1) is 0 Å². The van der Waals surface area contributed by atoms with E-state index < -0.39 is 5.41 Å². The van der Waals surface area contributed by atoms with Gasteiger partial charge in [-0.2, -0.15) is 0 Å². The highest BCUT2D eigenvalue weighted by Crippen LogP contribution is 2.42. The zero-order valence-corrected chi connectivity index (χ0v) is 18.3. The Balaban J connectivity index is 2.00. The standard InChI is InChI=1S/C24H38O3/c1-8-23(4,5)22(25)27-21-15-11-19(12-16-21)24(6,7)18-9-13-20(14-10-18)26-17(2)3/h11-12,15-18,20H,8-10,13-14H2,1-7H3. The van der Waals surface area contributed by atoms with E-state index in [0.29, 0.717) is 23.9 Å². The minimum absolute atomic E-state index is 0.105. The van der Waals surface area contributed by atoms with Gasteiger partial charge >= 0.3 is 5.97 Å². The van der Waals surface area contributed by atoms with Crippen LogP contribution in [0.5, 0.6) is 5.75 Å². The largest absolute Gasteiger partial charge is 0.426 e. The van der Waals surface area contributed by atoms with Gasteiger partial charge in [0.15, 0.2) is 0 Å². The molecule has 0 aromatic heterocycles. The van der Waals surface area contributed by atoms with Crippen LogP contribution < -0.4 is 4.74 Å². The average Bonchev–Trinajstić information content (AvgIpc) is 2.62. The number of carbonyl (C=O) groups excluding carboxylic acids is 1. The smallest absolute Gasteiger partial charge is 0.316 e. The van der Waals surface area contributed by atoms with E-state index in [2.05, 4.69) is 39.8 Å². The lowest BCUT2D eigenvalue weighted by Gasteiger charge is -2.40. The van der Waals surface area contributed by atoms with Crippen molar-refractivity contribution in [3.63, 3.8) is 0 Å². The van der Waals surface area contributed by atoms with Crippen LogP contribution in [0.1, 0.15) is 86.1 Å². The lowest BCUT2D eigenvalue weighted by Crippen LogP contribution is -2.34. The number of carbonyl (C=O) groups is 1. The Hall–Kier alpha value is -1.35. The van der Waals surface area contributed by atoms with Gasteiger partial charge in [-0.1, -0.05) is 32.9 Å². The summed E-state index contributed by atoms with van der Waals surface area (Å²) in [5, 5.41) is 0. The molecule has 0 spiro atoms. The summed E-state index contributed by atoms with van der Waals surface area (Å²) in [6, 6.07) is 8.12. The Kier molecular flexibility index (Phi) is 7.13. The van der Waals surface area contributed by atoms with Gasteiger partial charge in [-0.05, 0) is 88.8 Å². The third kappa shape index (κ3) is 5.57. The molecule has 1 fully saturated rings. The van der Waals surface area contributed by atoms with Crippen LogP contribution in [0.2, 0.25) is 0 Å². The maximum atomic E-state index is 12.3. The highest BCUT2D eigenvalue weighted by atomic mass is 16.5. The molecule has 1 aromatic carbocycles. The Labute approximate surface area is 165 Å². The van der Waals surface area contributed by atoms with Gasteiger partial charge in [0.25, 0.3) is 0 Å². The number of benzene rings is 1. The Morgan fingerprint density at radius 2 is 1.59 bits per heavy atom. The molecule has 3 nitrogen and oxygen atoms in total. The van der Waals surface area contributed by atoms with E-state index in [9.17, 15) is 4.79 Å². The van der Waals surface area contributed by atoms with Crippen molar-refractivity contribution in [1.29, 1.82) is 0 Å². The maximum absolute atomic E-state index is 12.3. The lowest BCUT2D eigenvalue weighted by atomic mass is 9.67. The van der Waals surface area contributed by atoms with Crippen LogP contribution in [-0.2, 0) is 14.9 Å². The van der Waals surface area contributed by atoms with Crippen LogP contribution in [0.15, 0.2) is 24.3 Å². The first-order chi connectivity index (χ1) is 12.6. The third-order valence-electron chi connectivity index (χ3n) is 6.40. The summed E-state index contributed by atoms with van der Waals surface area (Å²) >= 11 is 0. The Morgan fingerprint density at radius 3 is 2.07 bits per heavy atom. The Morgan fingerprint density at radius 1 is 1.04 bits per heavy atom. The normalized spacial score (nSPS) is 21.3. The third-order valence-corrected chi connectivity index (χ3v) is 6.40. The molecule has 3 heteroatoms. The van der Waals surface area contributed by atoms with E-state index in [4.69, 9.17) is 9.47 Å². The van der Waals surface area contributed by atoms with Crippen molar-refractivity contribution < 1.29 is 14.3 Å². The highest BCUT2D eigenvalue weighted by molar-refractivity contribution is 5.78. The molecule has 1 aliphatic carbocycles. The van der Waals surface area contributed by atoms with E-state index in [0.717, 1.165) is 19.3 Å². The van der Waals surface area contributed by atoms with Crippen LogP contribution in [0.3, 0.4) is 0 Å². The SMILES string of the molecule is CCC(C)(C)C(=O)Oc1ccc(C(C)(C)C2CCC(OC(C)C)CC2)cc1. The molecule has 0 atom stereocenters. The summed E-state index contributed by atoms with van der Waals surface area (Å²) in [7, 11) is 0. The number of esters is 1. The van der Waals surface area contributed by atoms with Crippen LogP contribution in [0, 0.1) is 11.3 Å². The summed E-state index contributed by atoms with van der Waals surface area (Å²) in [5.41, 5.74) is 0.966. The van der Waals surface area contributed by atoms with Crippen molar-refractivity contribution in [3.8, 4) is 5.75 Å². The predicted octanol–water partition coefficient (Wildman–Crippen LogP) is 6.29. The topological polar surface area (TPSA) is 35.5 Å². The second-order valence-electron chi connectivity index (χ2n) is 9.53. The van der Waals surface area contributed by atoms with E-state index >= 15 is 0 Å². The van der Waals surface area contributed by atoms with Gasteiger partial charge in [-0.3, -0.25) is 4.79 Å². The molecule has 0 amide bonds. The fourth-order valence-electron chi connectivity index (χ4n) is 3.88. The van der Waals surface area contributed by atoms with Crippen LogP contribution in [0.25, 0.3) is 0 Å². The van der Waals surface area contributed by atoms with E-state index in [1.54, 1.807) is 0 Å². The zero-order chi connectivity index (χ0) is 20.2.